The lowest BCUT2D eigenvalue weighted by Gasteiger charge is -2.20. The smallest absolute Gasteiger partial charge is 0.280 e. The molecule has 5 nitrogen and oxygen atoms in total. The van der Waals surface area contributed by atoms with Gasteiger partial charge in [-0.3, -0.25) is 9.69 Å². The zero-order valence-electron chi connectivity index (χ0n) is 9.87. The van der Waals surface area contributed by atoms with Gasteiger partial charge in [-0.15, -0.1) is 0 Å². The molecule has 0 saturated heterocycles. The van der Waals surface area contributed by atoms with E-state index in [1.807, 2.05) is 0 Å². The Morgan fingerprint density at radius 1 is 1.65 bits per heavy atom. The molecule has 0 aromatic carbocycles. The van der Waals surface area contributed by atoms with Gasteiger partial charge in [0.1, 0.15) is 4.47 Å². The zero-order chi connectivity index (χ0) is 12.3. The standard InChI is InChI=1S/C11H17BrN4O/c1-2-16(8-3-4-8)6-5-13-9-7-14-15-11(17)10(9)12/h7-8H,2-6H2,1H3,(H2,13,15,17). The normalized spacial score (nSPS) is 15.2. The molecule has 17 heavy (non-hydrogen) atoms. The van der Waals surface area contributed by atoms with Crippen LogP contribution in [-0.2, 0) is 0 Å². The number of hydrogen-bond donors (Lipinski definition) is 2. The number of aromatic amines is 1. The first-order chi connectivity index (χ1) is 8.22. The highest BCUT2D eigenvalue weighted by molar-refractivity contribution is 9.10. The van der Waals surface area contributed by atoms with Crippen LogP contribution in [0, 0.1) is 0 Å². The third-order valence-electron chi connectivity index (χ3n) is 2.98. The number of likely N-dealkylation sites (N-methyl/N-ethyl adjacent to an activating group) is 1. The van der Waals surface area contributed by atoms with Gasteiger partial charge < -0.3 is 5.32 Å². The molecule has 1 aromatic heterocycles. The fourth-order valence-electron chi connectivity index (χ4n) is 1.88. The maximum atomic E-state index is 11.3. The molecule has 2 rings (SSSR count). The van der Waals surface area contributed by atoms with E-state index >= 15 is 0 Å². The summed E-state index contributed by atoms with van der Waals surface area (Å²) < 4.78 is 0.516. The molecule has 0 atom stereocenters. The molecular weight excluding hydrogens is 284 g/mol. The summed E-state index contributed by atoms with van der Waals surface area (Å²) in [4.78, 5) is 13.8. The van der Waals surface area contributed by atoms with Gasteiger partial charge in [-0.2, -0.15) is 5.10 Å². The topological polar surface area (TPSA) is 61.0 Å². The first kappa shape index (κ1) is 12.6. The van der Waals surface area contributed by atoms with Crippen molar-refractivity contribution in [2.24, 2.45) is 0 Å². The number of hydrogen-bond acceptors (Lipinski definition) is 4. The highest BCUT2D eigenvalue weighted by Crippen LogP contribution is 2.26. The van der Waals surface area contributed by atoms with Crippen molar-refractivity contribution in [2.75, 3.05) is 25.0 Å². The molecule has 1 aliphatic carbocycles. The Morgan fingerprint density at radius 3 is 3.06 bits per heavy atom. The van der Waals surface area contributed by atoms with Crippen molar-refractivity contribution < 1.29 is 0 Å². The summed E-state index contributed by atoms with van der Waals surface area (Å²) in [5, 5.41) is 9.37. The molecule has 1 aromatic rings. The minimum Gasteiger partial charge on any atom is -0.381 e. The van der Waals surface area contributed by atoms with Crippen molar-refractivity contribution in [1.29, 1.82) is 0 Å². The number of H-pyrrole nitrogens is 1. The van der Waals surface area contributed by atoms with Crippen LogP contribution >= 0.6 is 15.9 Å². The van der Waals surface area contributed by atoms with E-state index < -0.39 is 0 Å². The maximum absolute atomic E-state index is 11.3. The van der Waals surface area contributed by atoms with Crippen molar-refractivity contribution in [2.45, 2.75) is 25.8 Å². The van der Waals surface area contributed by atoms with E-state index in [0.29, 0.717) is 4.47 Å². The molecule has 1 heterocycles. The largest absolute Gasteiger partial charge is 0.381 e. The van der Waals surface area contributed by atoms with Gasteiger partial charge in [-0.05, 0) is 35.3 Å². The summed E-state index contributed by atoms with van der Waals surface area (Å²) in [6.45, 7) is 5.10. The minimum atomic E-state index is -0.204. The number of nitrogens with one attached hydrogen (secondary N) is 2. The van der Waals surface area contributed by atoms with E-state index in [0.717, 1.165) is 31.4 Å². The average Bonchev–Trinajstić information content (AvgIpc) is 3.14. The Hall–Kier alpha value is -0.880. The molecule has 0 spiro atoms. The Labute approximate surface area is 109 Å². The van der Waals surface area contributed by atoms with Gasteiger partial charge in [-0.25, -0.2) is 5.10 Å². The molecule has 1 aliphatic rings. The number of nitrogens with zero attached hydrogens (tertiary/aromatic N) is 2. The molecule has 94 valence electrons. The molecule has 0 aliphatic heterocycles. The summed E-state index contributed by atoms with van der Waals surface area (Å²) in [7, 11) is 0. The first-order valence-corrected chi connectivity index (χ1v) is 6.72. The number of rotatable bonds is 6. The summed E-state index contributed by atoms with van der Waals surface area (Å²) in [5.41, 5.74) is 0.546. The van der Waals surface area contributed by atoms with Gasteiger partial charge in [-0.1, -0.05) is 6.92 Å². The van der Waals surface area contributed by atoms with Crippen LogP contribution in [0.5, 0.6) is 0 Å². The fraction of sp³-hybridized carbons (Fsp3) is 0.636. The van der Waals surface area contributed by atoms with E-state index in [4.69, 9.17) is 0 Å². The molecule has 6 heteroatoms. The van der Waals surface area contributed by atoms with Gasteiger partial charge in [0, 0.05) is 19.1 Å². The molecular formula is C11H17BrN4O. The monoisotopic (exact) mass is 300 g/mol. The third-order valence-corrected chi connectivity index (χ3v) is 3.77. The summed E-state index contributed by atoms with van der Waals surface area (Å²) in [5.74, 6) is 0. The van der Waals surface area contributed by atoms with Gasteiger partial charge in [0.05, 0.1) is 11.9 Å². The van der Waals surface area contributed by atoms with Crippen LogP contribution < -0.4 is 10.9 Å². The van der Waals surface area contributed by atoms with Crippen LogP contribution in [0.2, 0.25) is 0 Å². The average molecular weight is 301 g/mol. The second-order valence-corrected chi connectivity index (χ2v) is 5.01. The molecule has 1 saturated carbocycles. The van der Waals surface area contributed by atoms with Crippen LogP contribution in [0.25, 0.3) is 0 Å². The first-order valence-electron chi connectivity index (χ1n) is 5.93. The molecule has 0 amide bonds. The Morgan fingerprint density at radius 2 is 2.41 bits per heavy atom. The van der Waals surface area contributed by atoms with E-state index in [1.54, 1.807) is 6.20 Å². The highest BCUT2D eigenvalue weighted by Gasteiger charge is 2.27. The third kappa shape index (κ3) is 3.29. The van der Waals surface area contributed by atoms with Gasteiger partial charge in [0.15, 0.2) is 0 Å². The van der Waals surface area contributed by atoms with E-state index in [9.17, 15) is 4.79 Å². The molecule has 2 N–H and O–H groups in total. The lowest BCUT2D eigenvalue weighted by molar-refractivity contribution is 0.289. The Bertz CT molecular complexity index is 430. The molecule has 0 radical (unpaired) electrons. The molecule has 0 bridgehead atoms. The number of halogens is 1. The second-order valence-electron chi connectivity index (χ2n) is 4.21. The number of aromatic nitrogens is 2. The van der Waals surface area contributed by atoms with Crippen molar-refractivity contribution in [3.8, 4) is 0 Å². The summed E-state index contributed by atoms with van der Waals surface area (Å²) in [6, 6.07) is 0.780. The second kappa shape index (κ2) is 5.64. The fourth-order valence-corrected chi connectivity index (χ4v) is 2.21. The van der Waals surface area contributed by atoms with Crippen molar-refractivity contribution in [1.82, 2.24) is 15.1 Å². The molecule has 0 unspecified atom stereocenters. The van der Waals surface area contributed by atoms with Crippen LogP contribution in [0.4, 0.5) is 5.69 Å². The highest BCUT2D eigenvalue weighted by atomic mass is 79.9. The quantitative estimate of drug-likeness (QED) is 0.834. The van der Waals surface area contributed by atoms with Crippen molar-refractivity contribution in [3.05, 3.63) is 21.0 Å². The van der Waals surface area contributed by atoms with Gasteiger partial charge in [0.2, 0.25) is 0 Å². The Kier molecular flexibility index (Phi) is 4.17. The summed E-state index contributed by atoms with van der Waals surface area (Å²) in [6.07, 6.45) is 4.27. The maximum Gasteiger partial charge on any atom is 0.280 e. The lowest BCUT2D eigenvalue weighted by Crippen LogP contribution is -2.31. The van der Waals surface area contributed by atoms with Crippen LogP contribution in [0.1, 0.15) is 19.8 Å². The number of anilines is 1. The van der Waals surface area contributed by atoms with Crippen LogP contribution in [-0.4, -0.2) is 40.8 Å². The molecule has 1 fully saturated rings. The van der Waals surface area contributed by atoms with E-state index in [-0.39, 0.29) is 5.56 Å². The van der Waals surface area contributed by atoms with E-state index in [2.05, 4.69) is 43.3 Å². The van der Waals surface area contributed by atoms with Crippen molar-refractivity contribution >= 4 is 21.6 Å². The predicted molar refractivity (Wildman–Crippen MR) is 71.3 cm³/mol. The SMILES string of the molecule is CCN(CCNc1cn[nH]c(=O)c1Br)C1CC1. The van der Waals surface area contributed by atoms with Crippen LogP contribution in [0.3, 0.4) is 0 Å². The lowest BCUT2D eigenvalue weighted by atomic mass is 10.4. The minimum absolute atomic E-state index is 0.204. The Balaban J connectivity index is 1.85. The van der Waals surface area contributed by atoms with Gasteiger partial charge >= 0.3 is 0 Å². The van der Waals surface area contributed by atoms with Crippen LogP contribution in [0.15, 0.2) is 15.5 Å². The summed E-state index contributed by atoms with van der Waals surface area (Å²) >= 11 is 3.25. The predicted octanol–water partition coefficient (Wildman–Crippen LogP) is 1.43. The van der Waals surface area contributed by atoms with Crippen molar-refractivity contribution in [3.63, 3.8) is 0 Å². The van der Waals surface area contributed by atoms with Gasteiger partial charge in [0.25, 0.3) is 5.56 Å². The van der Waals surface area contributed by atoms with E-state index in [1.165, 1.54) is 12.8 Å². The zero-order valence-corrected chi connectivity index (χ0v) is 11.5.